The van der Waals surface area contributed by atoms with Crippen molar-refractivity contribution >= 4 is 17.5 Å². The van der Waals surface area contributed by atoms with Crippen LogP contribution in [-0.4, -0.2) is 15.7 Å². The number of carbonyl (C=O) groups is 1. The molecule has 0 bridgehead atoms. The average Bonchev–Trinajstić information content (AvgIpc) is 3.10. The topological polar surface area (TPSA) is 46.9 Å². The summed E-state index contributed by atoms with van der Waals surface area (Å²) in [6.45, 7) is 1.94. The maximum absolute atomic E-state index is 12.3. The fourth-order valence-electron chi connectivity index (χ4n) is 2.30. The van der Waals surface area contributed by atoms with Gasteiger partial charge in [-0.2, -0.15) is 5.10 Å². The Hall–Kier alpha value is -2.59. The van der Waals surface area contributed by atoms with E-state index in [1.165, 1.54) is 0 Å². The first-order valence-electron chi connectivity index (χ1n) is 7.30. The third kappa shape index (κ3) is 3.60. The van der Waals surface area contributed by atoms with Crippen molar-refractivity contribution in [1.82, 2.24) is 15.1 Å². The van der Waals surface area contributed by atoms with E-state index >= 15 is 0 Å². The summed E-state index contributed by atoms with van der Waals surface area (Å²) in [4.78, 5) is 12.3. The minimum Gasteiger partial charge on any atom is -0.346 e. The van der Waals surface area contributed by atoms with Gasteiger partial charge in [-0.25, -0.2) is 4.68 Å². The van der Waals surface area contributed by atoms with E-state index < -0.39 is 0 Å². The van der Waals surface area contributed by atoms with E-state index in [0.29, 0.717) is 10.6 Å². The molecule has 116 valence electrons. The maximum atomic E-state index is 12.3. The first kappa shape index (κ1) is 15.3. The Morgan fingerprint density at radius 1 is 1.13 bits per heavy atom. The number of hydrogen-bond acceptors (Lipinski definition) is 2. The molecule has 0 spiro atoms. The second-order valence-corrected chi connectivity index (χ2v) is 5.68. The minimum absolute atomic E-state index is 0.0921. The molecule has 1 heterocycles. The molecule has 0 aliphatic carbocycles. The van der Waals surface area contributed by atoms with E-state index in [2.05, 4.69) is 10.4 Å². The number of hydrogen-bond donors (Lipinski definition) is 1. The number of aromatic nitrogens is 2. The van der Waals surface area contributed by atoms with Crippen LogP contribution < -0.4 is 5.32 Å². The predicted molar refractivity (Wildman–Crippen MR) is 90.9 cm³/mol. The van der Waals surface area contributed by atoms with E-state index in [9.17, 15) is 4.79 Å². The monoisotopic (exact) mass is 325 g/mol. The van der Waals surface area contributed by atoms with Gasteiger partial charge in [0.25, 0.3) is 5.91 Å². The predicted octanol–water partition coefficient (Wildman–Crippen LogP) is 4.02. The maximum Gasteiger partial charge on any atom is 0.251 e. The second-order valence-electron chi connectivity index (χ2n) is 5.24. The summed E-state index contributed by atoms with van der Waals surface area (Å²) in [5.74, 6) is -0.112. The van der Waals surface area contributed by atoms with Gasteiger partial charge < -0.3 is 5.32 Å². The van der Waals surface area contributed by atoms with Crippen molar-refractivity contribution in [2.45, 2.75) is 13.0 Å². The molecule has 3 aromatic rings. The van der Waals surface area contributed by atoms with Gasteiger partial charge in [-0.1, -0.05) is 23.7 Å². The molecule has 0 aliphatic heterocycles. The molecule has 23 heavy (non-hydrogen) atoms. The van der Waals surface area contributed by atoms with Crippen LogP contribution in [0.3, 0.4) is 0 Å². The van der Waals surface area contributed by atoms with Crippen LogP contribution in [0.1, 0.15) is 28.9 Å². The van der Waals surface area contributed by atoms with Crippen LogP contribution in [-0.2, 0) is 0 Å². The van der Waals surface area contributed by atoms with Gasteiger partial charge in [0.2, 0.25) is 0 Å². The summed E-state index contributed by atoms with van der Waals surface area (Å²) < 4.78 is 1.75. The third-order valence-electron chi connectivity index (χ3n) is 3.62. The minimum atomic E-state index is -0.112. The lowest BCUT2D eigenvalue weighted by molar-refractivity contribution is 0.0940. The van der Waals surface area contributed by atoms with Crippen LogP contribution in [0.25, 0.3) is 5.69 Å². The molecular formula is C18H16ClN3O. The van der Waals surface area contributed by atoms with Gasteiger partial charge >= 0.3 is 0 Å². The highest BCUT2D eigenvalue weighted by molar-refractivity contribution is 6.30. The molecule has 4 nitrogen and oxygen atoms in total. The standard InChI is InChI=1S/C18H16ClN3O/c1-13(14-3-7-16(19)8-4-14)21-18(23)15-5-9-17(10-6-15)22-12-2-11-20-22/h2-13H,1H3,(H,21,23)/t13-/m0/s1. The zero-order valence-electron chi connectivity index (χ0n) is 12.6. The van der Waals surface area contributed by atoms with Gasteiger partial charge in [-0.15, -0.1) is 0 Å². The Morgan fingerprint density at radius 3 is 2.43 bits per heavy atom. The summed E-state index contributed by atoms with van der Waals surface area (Å²) in [6, 6.07) is 16.5. The lowest BCUT2D eigenvalue weighted by Crippen LogP contribution is -2.26. The fourth-order valence-corrected chi connectivity index (χ4v) is 2.43. The highest BCUT2D eigenvalue weighted by Gasteiger charge is 2.11. The molecule has 3 rings (SSSR count). The summed E-state index contributed by atoms with van der Waals surface area (Å²) in [5, 5.41) is 7.83. The molecule has 0 saturated carbocycles. The number of nitrogens with zero attached hydrogens (tertiary/aromatic N) is 2. The smallest absolute Gasteiger partial charge is 0.251 e. The molecule has 5 heteroatoms. The van der Waals surface area contributed by atoms with Crippen molar-refractivity contribution in [1.29, 1.82) is 0 Å². The zero-order valence-corrected chi connectivity index (χ0v) is 13.4. The van der Waals surface area contributed by atoms with Crippen molar-refractivity contribution in [3.05, 3.63) is 83.1 Å². The Bertz CT molecular complexity index is 780. The van der Waals surface area contributed by atoms with Crippen molar-refractivity contribution in [3.8, 4) is 5.69 Å². The molecule has 1 atom stereocenters. The number of nitrogens with one attached hydrogen (secondary N) is 1. The Kier molecular flexibility index (Phi) is 4.44. The van der Waals surface area contributed by atoms with E-state index in [1.807, 2.05) is 55.6 Å². The highest BCUT2D eigenvalue weighted by atomic mass is 35.5. The Balaban J connectivity index is 1.69. The van der Waals surface area contributed by atoms with E-state index in [-0.39, 0.29) is 11.9 Å². The summed E-state index contributed by atoms with van der Waals surface area (Å²) >= 11 is 5.88. The van der Waals surface area contributed by atoms with Gasteiger partial charge in [0, 0.05) is 23.0 Å². The first-order chi connectivity index (χ1) is 11.1. The van der Waals surface area contributed by atoms with E-state index in [0.717, 1.165) is 11.3 Å². The summed E-state index contributed by atoms with van der Waals surface area (Å²) in [5.41, 5.74) is 2.54. The molecule has 0 fully saturated rings. The van der Waals surface area contributed by atoms with Gasteiger partial charge in [-0.3, -0.25) is 4.79 Å². The Labute approximate surface area is 139 Å². The van der Waals surface area contributed by atoms with Crippen LogP contribution in [0.15, 0.2) is 67.0 Å². The van der Waals surface area contributed by atoms with Crippen LogP contribution in [0.5, 0.6) is 0 Å². The zero-order chi connectivity index (χ0) is 16.2. The Morgan fingerprint density at radius 2 is 1.83 bits per heavy atom. The van der Waals surface area contributed by atoms with Gasteiger partial charge in [0.15, 0.2) is 0 Å². The number of halogens is 1. The van der Waals surface area contributed by atoms with Gasteiger partial charge in [-0.05, 0) is 55.0 Å². The van der Waals surface area contributed by atoms with Crippen molar-refractivity contribution in [2.24, 2.45) is 0 Å². The van der Waals surface area contributed by atoms with Gasteiger partial charge in [0.1, 0.15) is 0 Å². The van der Waals surface area contributed by atoms with E-state index in [4.69, 9.17) is 11.6 Å². The van der Waals surface area contributed by atoms with Crippen LogP contribution in [0, 0.1) is 0 Å². The quantitative estimate of drug-likeness (QED) is 0.787. The lowest BCUT2D eigenvalue weighted by Gasteiger charge is -2.14. The number of amides is 1. The van der Waals surface area contributed by atoms with Crippen LogP contribution >= 0.6 is 11.6 Å². The summed E-state index contributed by atoms with van der Waals surface area (Å²) in [6.07, 6.45) is 3.58. The van der Waals surface area contributed by atoms with Gasteiger partial charge in [0.05, 0.1) is 11.7 Å². The third-order valence-corrected chi connectivity index (χ3v) is 3.87. The molecule has 1 aromatic heterocycles. The number of carbonyl (C=O) groups excluding carboxylic acids is 1. The van der Waals surface area contributed by atoms with Crippen molar-refractivity contribution in [2.75, 3.05) is 0 Å². The fraction of sp³-hybridized carbons (Fsp3) is 0.111. The first-order valence-corrected chi connectivity index (χ1v) is 7.68. The van der Waals surface area contributed by atoms with Crippen LogP contribution in [0.2, 0.25) is 5.02 Å². The van der Waals surface area contributed by atoms with Crippen LogP contribution in [0.4, 0.5) is 0 Å². The molecule has 2 aromatic carbocycles. The second kappa shape index (κ2) is 6.67. The molecule has 0 radical (unpaired) electrons. The van der Waals surface area contributed by atoms with Crippen molar-refractivity contribution in [3.63, 3.8) is 0 Å². The normalized spacial score (nSPS) is 11.9. The number of benzene rings is 2. The highest BCUT2D eigenvalue weighted by Crippen LogP contribution is 2.17. The largest absolute Gasteiger partial charge is 0.346 e. The SMILES string of the molecule is C[C@H](NC(=O)c1ccc(-n2cccn2)cc1)c1ccc(Cl)cc1. The summed E-state index contributed by atoms with van der Waals surface area (Å²) in [7, 11) is 0. The molecule has 0 aliphatic rings. The molecule has 1 N–H and O–H groups in total. The van der Waals surface area contributed by atoms with Crippen molar-refractivity contribution < 1.29 is 4.79 Å². The molecule has 0 unspecified atom stereocenters. The number of rotatable bonds is 4. The lowest BCUT2D eigenvalue weighted by atomic mass is 10.1. The average molecular weight is 326 g/mol. The molecule has 1 amide bonds. The molecule has 0 saturated heterocycles. The molecular weight excluding hydrogens is 310 g/mol. The van der Waals surface area contributed by atoms with E-state index in [1.54, 1.807) is 23.0 Å².